The highest BCUT2D eigenvalue weighted by Crippen LogP contribution is 2.21. The molecular weight excluding hydrogens is 382 g/mol. The van der Waals surface area contributed by atoms with Crippen molar-refractivity contribution in [2.75, 3.05) is 5.75 Å². The summed E-state index contributed by atoms with van der Waals surface area (Å²) in [6.45, 7) is 3.93. The standard InChI is InChI=1S/C19H23N3O5S/c1-13-14(2)21(3)19(20-13)28-12-16(23)6-4-5-7-18(24)27-17-10-8-15(9-11-17)22(25)26/h8-11H,4-7,12H2,1-3H3. The van der Waals surface area contributed by atoms with E-state index < -0.39 is 10.9 Å². The molecule has 0 saturated carbocycles. The number of benzene rings is 1. The Morgan fingerprint density at radius 2 is 1.82 bits per heavy atom. The third-order valence-corrected chi connectivity index (χ3v) is 5.39. The molecule has 0 N–H and O–H groups in total. The second-order valence-corrected chi connectivity index (χ2v) is 7.33. The Balaban J connectivity index is 1.64. The Morgan fingerprint density at radius 3 is 2.39 bits per heavy atom. The van der Waals surface area contributed by atoms with Crippen molar-refractivity contribution in [2.24, 2.45) is 7.05 Å². The van der Waals surface area contributed by atoms with Gasteiger partial charge in [-0.2, -0.15) is 0 Å². The van der Waals surface area contributed by atoms with Gasteiger partial charge in [0.15, 0.2) is 5.16 Å². The number of aryl methyl sites for hydroxylation is 1. The van der Waals surface area contributed by atoms with Crippen molar-refractivity contribution in [1.29, 1.82) is 0 Å². The summed E-state index contributed by atoms with van der Waals surface area (Å²) in [4.78, 5) is 38.3. The highest BCUT2D eigenvalue weighted by Gasteiger charge is 2.12. The van der Waals surface area contributed by atoms with E-state index in [4.69, 9.17) is 4.74 Å². The van der Waals surface area contributed by atoms with Crippen LogP contribution in [0.25, 0.3) is 0 Å². The Morgan fingerprint density at radius 1 is 1.18 bits per heavy atom. The lowest BCUT2D eigenvalue weighted by molar-refractivity contribution is -0.384. The van der Waals surface area contributed by atoms with E-state index >= 15 is 0 Å². The molecule has 0 atom stereocenters. The number of carbonyl (C=O) groups is 2. The number of unbranched alkanes of at least 4 members (excludes halogenated alkanes) is 1. The molecule has 0 fully saturated rings. The zero-order valence-electron chi connectivity index (χ0n) is 16.1. The minimum absolute atomic E-state index is 0.0629. The summed E-state index contributed by atoms with van der Waals surface area (Å²) < 4.78 is 7.10. The maximum absolute atomic E-state index is 12.0. The number of carbonyl (C=O) groups excluding carboxylic acids is 2. The summed E-state index contributed by atoms with van der Waals surface area (Å²) in [5, 5.41) is 11.4. The van der Waals surface area contributed by atoms with Gasteiger partial charge in [0, 0.05) is 37.7 Å². The zero-order valence-corrected chi connectivity index (χ0v) is 17.0. The molecule has 0 aliphatic carbocycles. The van der Waals surface area contributed by atoms with E-state index in [0.29, 0.717) is 25.0 Å². The summed E-state index contributed by atoms with van der Waals surface area (Å²) in [5.74, 6) is 0.321. The van der Waals surface area contributed by atoms with E-state index in [0.717, 1.165) is 16.5 Å². The number of hydrogen-bond donors (Lipinski definition) is 0. The van der Waals surface area contributed by atoms with Crippen LogP contribution in [0.15, 0.2) is 29.4 Å². The number of rotatable bonds is 10. The van der Waals surface area contributed by atoms with Gasteiger partial charge in [-0.1, -0.05) is 11.8 Å². The fraction of sp³-hybridized carbons (Fsp3) is 0.421. The van der Waals surface area contributed by atoms with Crippen LogP contribution in [-0.4, -0.2) is 32.0 Å². The van der Waals surface area contributed by atoms with Crippen molar-refractivity contribution < 1.29 is 19.2 Å². The topological polar surface area (TPSA) is 104 Å². The van der Waals surface area contributed by atoms with Gasteiger partial charge in [-0.3, -0.25) is 19.7 Å². The number of hydrogen-bond acceptors (Lipinski definition) is 7. The molecule has 0 aliphatic heterocycles. The molecule has 0 amide bonds. The number of aromatic nitrogens is 2. The van der Waals surface area contributed by atoms with Crippen molar-refractivity contribution >= 4 is 29.2 Å². The molecule has 2 aromatic rings. The van der Waals surface area contributed by atoms with Crippen LogP contribution in [0, 0.1) is 24.0 Å². The molecule has 0 saturated heterocycles. The molecule has 0 aliphatic rings. The number of esters is 1. The molecular formula is C19H23N3O5S. The highest BCUT2D eigenvalue weighted by atomic mass is 32.2. The summed E-state index contributed by atoms with van der Waals surface area (Å²) in [6, 6.07) is 5.34. The van der Waals surface area contributed by atoms with Crippen molar-refractivity contribution in [2.45, 2.75) is 44.7 Å². The van der Waals surface area contributed by atoms with Crippen LogP contribution in [0.4, 0.5) is 5.69 Å². The number of thioether (sulfide) groups is 1. The Labute approximate surface area is 167 Å². The van der Waals surface area contributed by atoms with Gasteiger partial charge in [0.05, 0.1) is 16.4 Å². The lowest BCUT2D eigenvalue weighted by atomic mass is 10.1. The second kappa shape index (κ2) is 10.0. The largest absolute Gasteiger partial charge is 0.427 e. The van der Waals surface area contributed by atoms with Crippen molar-refractivity contribution in [1.82, 2.24) is 9.55 Å². The molecule has 1 heterocycles. The molecule has 28 heavy (non-hydrogen) atoms. The molecule has 0 spiro atoms. The van der Waals surface area contributed by atoms with Crippen molar-refractivity contribution in [3.8, 4) is 5.75 Å². The fourth-order valence-corrected chi connectivity index (χ4v) is 3.41. The van der Waals surface area contributed by atoms with Crippen LogP contribution >= 0.6 is 11.8 Å². The Kier molecular flexibility index (Phi) is 7.74. The SMILES string of the molecule is Cc1nc(SCC(=O)CCCCC(=O)Oc2ccc([N+](=O)[O-])cc2)n(C)c1C. The van der Waals surface area contributed by atoms with E-state index in [2.05, 4.69) is 4.98 Å². The predicted octanol–water partition coefficient (Wildman–Crippen LogP) is 3.77. The first-order chi connectivity index (χ1) is 13.3. The van der Waals surface area contributed by atoms with E-state index in [9.17, 15) is 19.7 Å². The normalized spacial score (nSPS) is 10.7. The molecule has 2 rings (SSSR count). The van der Waals surface area contributed by atoms with E-state index in [1.165, 1.54) is 36.0 Å². The third-order valence-electron chi connectivity index (χ3n) is 4.30. The van der Waals surface area contributed by atoms with Gasteiger partial charge in [0.1, 0.15) is 11.5 Å². The average molecular weight is 405 g/mol. The predicted molar refractivity (Wildman–Crippen MR) is 106 cm³/mol. The summed E-state index contributed by atoms with van der Waals surface area (Å²) in [5.41, 5.74) is 1.98. The van der Waals surface area contributed by atoms with Crippen molar-refractivity contribution in [3.05, 3.63) is 45.8 Å². The number of non-ortho nitro benzene ring substituents is 1. The maximum Gasteiger partial charge on any atom is 0.311 e. The fourth-order valence-electron chi connectivity index (χ4n) is 2.44. The molecule has 150 valence electrons. The molecule has 0 radical (unpaired) electrons. The minimum atomic E-state index is -0.517. The highest BCUT2D eigenvalue weighted by molar-refractivity contribution is 7.99. The molecule has 0 unspecified atom stereocenters. The first-order valence-electron chi connectivity index (χ1n) is 8.87. The first kappa shape index (κ1) is 21.6. The summed E-state index contributed by atoms with van der Waals surface area (Å²) in [6.07, 6.45) is 1.74. The number of nitro benzene ring substituents is 1. The van der Waals surface area contributed by atoms with Crippen LogP contribution < -0.4 is 4.74 Å². The molecule has 9 heteroatoms. The van der Waals surface area contributed by atoms with Gasteiger partial charge in [-0.15, -0.1) is 0 Å². The minimum Gasteiger partial charge on any atom is -0.427 e. The molecule has 8 nitrogen and oxygen atoms in total. The van der Waals surface area contributed by atoms with Gasteiger partial charge in [0.2, 0.25) is 0 Å². The molecule has 1 aromatic carbocycles. The summed E-state index contributed by atoms with van der Waals surface area (Å²) in [7, 11) is 1.93. The Bertz CT molecular complexity index is 861. The van der Waals surface area contributed by atoms with Crippen molar-refractivity contribution in [3.63, 3.8) is 0 Å². The second-order valence-electron chi connectivity index (χ2n) is 6.38. The smallest absolute Gasteiger partial charge is 0.311 e. The number of Topliss-reactive ketones (excluding diaryl/α,β-unsaturated/α-hetero) is 1. The number of ketones is 1. The van der Waals surface area contributed by atoms with Crippen LogP contribution in [0.2, 0.25) is 0 Å². The van der Waals surface area contributed by atoms with Crippen LogP contribution in [-0.2, 0) is 16.6 Å². The van der Waals surface area contributed by atoms with Gasteiger partial charge in [-0.25, -0.2) is 4.98 Å². The Hall–Kier alpha value is -2.68. The van der Waals surface area contributed by atoms with E-state index in [1.54, 1.807) is 0 Å². The van der Waals surface area contributed by atoms with Gasteiger partial charge >= 0.3 is 5.97 Å². The maximum atomic E-state index is 12.0. The first-order valence-corrected chi connectivity index (χ1v) is 9.86. The number of imidazole rings is 1. The zero-order chi connectivity index (χ0) is 20.7. The number of ether oxygens (including phenoxy) is 1. The number of nitrogens with zero attached hydrogens (tertiary/aromatic N) is 3. The van der Waals surface area contributed by atoms with E-state index in [-0.39, 0.29) is 23.6 Å². The quantitative estimate of drug-likeness (QED) is 0.148. The van der Waals surface area contributed by atoms with Gasteiger partial charge in [0.25, 0.3) is 5.69 Å². The van der Waals surface area contributed by atoms with Gasteiger partial charge < -0.3 is 9.30 Å². The van der Waals surface area contributed by atoms with Crippen LogP contribution in [0.3, 0.4) is 0 Å². The molecule has 1 aromatic heterocycles. The van der Waals surface area contributed by atoms with Gasteiger partial charge in [-0.05, 0) is 38.8 Å². The van der Waals surface area contributed by atoms with E-state index in [1.807, 2.05) is 25.5 Å². The lowest BCUT2D eigenvalue weighted by Crippen LogP contribution is -2.08. The average Bonchev–Trinajstić information content (AvgIpc) is 2.91. The third kappa shape index (κ3) is 6.19. The lowest BCUT2D eigenvalue weighted by Gasteiger charge is -2.05. The number of nitro groups is 1. The monoisotopic (exact) mass is 405 g/mol. The van der Waals surface area contributed by atoms with Crippen LogP contribution in [0.5, 0.6) is 5.75 Å². The summed E-state index contributed by atoms with van der Waals surface area (Å²) >= 11 is 1.42. The molecule has 0 bridgehead atoms. The van der Waals surface area contributed by atoms with Crippen LogP contribution in [0.1, 0.15) is 37.1 Å².